The standard InChI is InChI=1S/C15H16F2N4O/c1-9(2)8-19-15-18-7-6-12(20-15)14(22)21-13-10(16)4-3-5-11(13)17/h3-7,9H,8H2,1-2H3,(H,21,22)(H,18,19,20). The van der Waals surface area contributed by atoms with E-state index in [1.807, 2.05) is 13.8 Å². The molecule has 7 heteroatoms. The van der Waals surface area contributed by atoms with Crippen molar-refractivity contribution in [2.75, 3.05) is 17.2 Å². The second kappa shape index (κ2) is 6.93. The molecule has 2 aromatic rings. The zero-order valence-electron chi connectivity index (χ0n) is 12.2. The molecule has 1 amide bonds. The smallest absolute Gasteiger partial charge is 0.274 e. The van der Waals surface area contributed by atoms with Gasteiger partial charge in [0.15, 0.2) is 0 Å². The van der Waals surface area contributed by atoms with Gasteiger partial charge < -0.3 is 10.6 Å². The van der Waals surface area contributed by atoms with Crippen LogP contribution >= 0.6 is 0 Å². The van der Waals surface area contributed by atoms with E-state index >= 15 is 0 Å². The molecule has 0 fully saturated rings. The van der Waals surface area contributed by atoms with Gasteiger partial charge in [-0.1, -0.05) is 19.9 Å². The third-order valence-corrected chi connectivity index (χ3v) is 2.76. The number of halogens is 2. The fraction of sp³-hybridized carbons (Fsp3) is 0.267. The predicted octanol–water partition coefficient (Wildman–Crippen LogP) is 3.08. The van der Waals surface area contributed by atoms with E-state index in [-0.39, 0.29) is 11.6 Å². The van der Waals surface area contributed by atoms with E-state index in [2.05, 4.69) is 20.6 Å². The SMILES string of the molecule is CC(C)CNc1nccc(C(=O)Nc2c(F)cccc2F)n1. The molecule has 0 spiro atoms. The van der Waals surface area contributed by atoms with Gasteiger partial charge in [-0.15, -0.1) is 0 Å². The van der Waals surface area contributed by atoms with Crippen LogP contribution in [0.15, 0.2) is 30.5 Å². The lowest BCUT2D eigenvalue weighted by Gasteiger charge is -2.09. The highest BCUT2D eigenvalue weighted by atomic mass is 19.1. The number of amides is 1. The van der Waals surface area contributed by atoms with Crippen LogP contribution in [0.4, 0.5) is 20.4 Å². The van der Waals surface area contributed by atoms with Crippen LogP contribution in [-0.4, -0.2) is 22.4 Å². The number of benzene rings is 1. The molecule has 1 aromatic heterocycles. The Balaban J connectivity index is 2.14. The van der Waals surface area contributed by atoms with E-state index < -0.39 is 23.2 Å². The maximum absolute atomic E-state index is 13.5. The van der Waals surface area contributed by atoms with Crippen molar-refractivity contribution in [1.82, 2.24) is 9.97 Å². The van der Waals surface area contributed by atoms with Crippen LogP contribution in [0, 0.1) is 17.6 Å². The van der Waals surface area contributed by atoms with Gasteiger partial charge in [0.2, 0.25) is 5.95 Å². The molecule has 0 atom stereocenters. The number of hydrogen-bond acceptors (Lipinski definition) is 4. The molecule has 0 radical (unpaired) electrons. The van der Waals surface area contributed by atoms with Crippen LogP contribution in [-0.2, 0) is 0 Å². The molecule has 2 N–H and O–H groups in total. The van der Waals surface area contributed by atoms with Crippen molar-refractivity contribution in [3.63, 3.8) is 0 Å². The molecular formula is C15H16F2N4O. The summed E-state index contributed by atoms with van der Waals surface area (Å²) in [6.45, 7) is 4.68. The van der Waals surface area contributed by atoms with Crippen molar-refractivity contribution in [3.05, 3.63) is 47.8 Å². The Morgan fingerprint density at radius 3 is 2.55 bits per heavy atom. The number of anilines is 2. The minimum atomic E-state index is -0.847. The van der Waals surface area contributed by atoms with Gasteiger partial charge in [-0.05, 0) is 24.1 Å². The minimum Gasteiger partial charge on any atom is -0.354 e. The summed E-state index contributed by atoms with van der Waals surface area (Å²) in [6, 6.07) is 4.72. The topological polar surface area (TPSA) is 66.9 Å². The third-order valence-electron chi connectivity index (χ3n) is 2.76. The molecule has 1 heterocycles. The second-order valence-corrected chi connectivity index (χ2v) is 5.09. The van der Waals surface area contributed by atoms with E-state index in [1.54, 1.807) is 0 Å². The van der Waals surface area contributed by atoms with Gasteiger partial charge in [-0.3, -0.25) is 4.79 Å². The van der Waals surface area contributed by atoms with E-state index in [0.717, 1.165) is 12.1 Å². The van der Waals surface area contributed by atoms with E-state index in [9.17, 15) is 13.6 Å². The third kappa shape index (κ3) is 3.97. The highest BCUT2D eigenvalue weighted by Crippen LogP contribution is 2.18. The molecule has 0 bridgehead atoms. The summed E-state index contributed by atoms with van der Waals surface area (Å²) < 4.78 is 27.0. The quantitative estimate of drug-likeness (QED) is 0.891. The second-order valence-electron chi connectivity index (χ2n) is 5.09. The van der Waals surface area contributed by atoms with Crippen molar-refractivity contribution < 1.29 is 13.6 Å². The number of para-hydroxylation sites is 1. The Hall–Kier alpha value is -2.57. The van der Waals surface area contributed by atoms with Crippen molar-refractivity contribution in [2.24, 2.45) is 5.92 Å². The van der Waals surface area contributed by atoms with Crippen LogP contribution in [0.2, 0.25) is 0 Å². The Morgan fingerprint density at radius 2 is 1.91 bits per heavy atom. The zero-order chi connectivity index (χ0) is 16.1. The molecule has 5 nitrogen and oxygen atoms in total. The first-order chi connectivity index (χ1) is 10.5. The van der Waals surface area contributed by atoms with Crippen molar-refractivity contribution in [1.29, 1.82) is 0 Å². The first-order valence-corrected chi connectivity index (χ1v) is 6.79. The lowest BCUT2D eigenvalue weighted by molar-refractivity contribution is 0.102. The summed E-state index contributed by atoms with van der Waals surface area (Å²) in [6.07, 6.45) is 1.41. The normalized spacial score (nSPS) is 10.6. The average molecular weight is 306 g/mol. The molecule has 0 aliphatic carbocycles. The Morgan fingerprint density at radius 1 is 1.23 bits per heavy atom. The van der Waals surface area contributed by atoms with Crippen LogP contribution < -0.4 is 10.6 Å². The summed E-state index contributed by atoms with van der Waals surface area (Å²) in [5.41, 5.74) is -0.480. The summed E-state index contributed by atoms with van der Waals surface area (Å²) in [5.74, 6) is -1.73. The fourth-order valence-electron chi connectivity index (χ4n) is 1.66. The Bertz CT molecular complexity index is 656. The van der Waals surface area contributed by atoms with Crippen molar-refractivity contribution in [3.8, 4) is 0 Å². The van der Waals surface area contributed by atoms with Gasteiger partial charge in [0.25, 0.3) is 5.91 Å². The number of nitrogens with one attached hydrogen (secondary N) is 2. The molecule has 0 saturated heterocycles. The number of nitrogens with zero attached hydrogens (tertiary/aromatic N) is 2. The zero-order valence-corrected chi connectivity index (χ0v) is 12.2. The first-order valence-electron chi connectivity index (χ1n) is 6.79. The molecule has 2 rings (SSSR count). The number of carbonyl (C=O) groups is 1. The van der Waals surface area contributed by atoms with Gasteiger partial charge in [0.05, 0.1) is 0 Å². The van der Waals surface area contributed by atoms with Gasteiger partial charge in [0.1, 0.15) is 23.0 Å². The molecule has 0 unspecified atom stereocenters. The number of carbonyl (C=O) groups excluding carboxylic acids is 1. The van der Waals surface area contributed by atoms with Crippen LogP contribution in [0.25, 0.3) is 0 Å². The largest absolute Gasteiger partial charge is 0.354 e. The average Bonchev–Trinajstić information content (AvgIpc) is 2.49. The molecule has 22 heavy (non-hydrogen) atoms. The molecule has 1 aromatic carbocycles. The first kappa shape index (κ1) is 15.8. The maximum atomic E-state index is 13.5. The van der Waals surface area contributed by atoms with Gasteiger partial charge in [-0.2, -0.15) is 0 Å². The van der Waals surface area contributed by atoms with Crippen LogP contribution in [0.5, 0.6) is 0 Å². The summed E-state index contributed by atoms with van der Waals surface area (Å²) in [5, 5.41) is 5.16. The van der Waals surface area contributed by atoms with Crippen molar-refractivity contribution >= 4 is 17.5 Å². The molecule has 116 valence electrons. The van der Waals surface area contributed by atoms with E-state index in [4.69, 9.17) is 0 Å². The lowest BCUT2D eigenvalue weighted by Crippen LogP contribution is -2.18. The summed E-state index contributed by atoms with van der Waals surface area (Å²) >= 11 is 0. The highest BCUT2D eigenvalue weighted by Gasteiger charge is 2.15. The van der Waals surface area contributed by atoms with Gasteiger partial charge in [-0.25, -0.2) is 18.7 Å². The van der Waals surface area contributed by atoms with Gasteiger partial charge >= 0.3 is 0 Å². The van der Waals surface area contributed by atoms with Crippen molar-refractivity contribution in [2.45, 2.75) is 13.8 Å². The molecule has 0 aliphatic heterocycles. The van der Waals surface area contributed by atoms with Gasteiger partial charge in [0, 0.05) is 12.7 Å². The molecule has 0 saturated carbocycles. The number of hydrogen-bond donors (Lipinski definition) is 2. The number of aromatic nitrogens is 2. The van der Waals surface area contributed by atoms with E-state index in [0.29, 0.717) is 12.5 Å². The molecular weight excluding hydrogens is 290 g/mol. The molecule has 0 aliphatic rings. The maximum Gasteiger partial charge on any atom is 0.274 e. The Labute approximate surface area is 126 Å². The monoisotopic (exact) mass is 306 g/mol. The minimum absolute atomic E-state index is 0.0175. The fourth-order valence-corrected chi connectivity index (χ4v) is 1.66. The highest BCUT2D eigenvalue weighted by molar-refractivity contribution is 6.03. The summed E-state index contributed by atoms with van der Waals surface area (Å²) in [7, 11) is 0. The lowest BCUT2D eigenvalue weighted by atomic mass is 10.2. The van der Waals surface area contributed by atoms with E-state index in [1.165, 1.54) is 18.3 Å². The van der Waals surface area contributed by atoms with Crippen LogP contribution in [0.1, 0.15) is 24.3 Å². The Kier molecular flexibility index (Phi) is 4.98. The van der Waals surface area contributed by atoms with Crippen LogP contribution in [0.3, 0.4) is 0 Å². The number of rotatable bonds is 5. The predicted molar refractivity (Wildman–Crippen MR) is 79.7 cm³/mol. The summed E-state index contributed by atoms with van der Waals surface area (Å²) in [4.78, 5) is 20.1.